The SMILES string of the molecule is CCCn1c(=O)nc(Nc2ccc(Oc3cccc(C(=O)O)n3)cc2)n(Cc2ccc(F)cc2)c1=O. The van der Waals surface area contributed by atoms with Crippen molar-refractivity contribution in [1.82, 2.24) is 19.1 Å². The van der Waals surface area contributed by atoms with Crippen molar-refractivity contribution in [2.75, 3.05) is 5.32 Å². The topological polar surface area (TPSA) is 128 Å². The summed E-state index contributed by atoms with van der Waals surface area (Å²) in [5, 5.41) is 12.1. The molecule has 0 aliphatic heterocycles. The van der Waals surface area contributed by atoms with E-state index in [1.54, 1.807) is 36.4 Å². The number of rotatable bonds is 9. The average molecular weight is 491 g/mol. The Balaban J connectivity index is 1.61. The maximum absolute atomic E-state index is 13.3. The van der Waals surface area contributed by atoms with E-state index in [1.165, 1.54) is 34.9 Å². The largest absolute Gasteiger partial charge is 0.477 e. The molecule has 0 aliphatic carbocycles. The van der Waals surface area contributed by atoms with Crippen molar-refractivity contribution in [2.45, 2.75) is 26.4 Å². The fraction of sp³-hybridized carbons (Fsp3) is 0.160. The van der Waals surface area contributed by atoms with Gasteiger partial charge in [0, 0.05) is 18.3 Å². The number of hydrogen-bond donors (Lipinski definition) is 2. The highest BCUT2D eigenvalue weighted by molar-refractivity contribution is 5.85. The number of benzene rings is 2. The van der Waals surface area contributed by atoms with E-state index in [0.29, 0.717) is 23.4 Å². The quantitative estimate of drug-likeness (QED) is 0.363. The van der Waals surface area contributed by atoms with Crippen LogP contribution in [0.4, 0.5) is 16.0 Å². The molecule has 0 aliphatic rings. The summed E-state index contributed by atoms with van der Waals surface area (Å²) >= 11 is 0. The lowest BCUT2D eigenvalue weighted by molar-refractivity contribution is 0.0689. The number of hydrogen-bond acceptors (Lipinski definition) is 7. The van der Waals surface area contributed by atoms with Crippen molar-refractivity contribution < 1.29 is 19.0 Å². The smallest absolute Gasteiger partial charge is 0.354 e. The van der Waals surface area contributed by atoms with Crippen LogP contribution in [0.3, 0.4) is 0 Å². The lowest BCUT2D eigenvalue weighted by Crippen LogP contribution is -2.42. The predicted molar refractivity (Wildman–Crippen MR) is 130 cm³/mol. The molecule has 0 amide bonds. The summed E-state index contributed by atoms with van der Waals surface area (Å²) < 4.78 is 21.3. The van der Waals surface area contributed by atoms with Crippen LogP contribution in [0.5, 0.6) is 11.6 Å². The van der Waals surface area contributed by atoms with Crippen molar-refractivity contribution in [3.63, 3.8) is 0 Å². The fourth-order valence-corrected chi connectivity index (χ4v) is 3.40. The Morgan fingerprint density at radius 3 is 2.39 bits per heavy atom. The van der Waals surface area contributed by atoms with E-state index in [-0.39, 0.29) is 30.6 Å². The first-order valence-corrected chi connectivity index (χ1v) is 11.1. The molecule has 0 atom stereocenters. The van der Waals surface area contributed by atoms with Crippen LogP contribution in [0.2, 0.25) is 0 Å². The van der Waals surface area contributed by atoms with Crippen LogP contribution >= 0.6 is 0 Å². The van der Waals surface area contributed by atoms with Crippen LogP contribution in [0.15, 0.2) is 76.3 Å². The van der Waals surface area contributed by atoms with Crippen LogP contribution in [-0.2, 0) is 13.1 Å². The molecule has 2 aromatic heterocycles. The van der Waals surface area contributed by atoms with E-state index in [4.69, 9.17) is 9.84 Å². The van der Waals surface area contributed by atoms with Gasteiger partial charge in [0.1, 0.15) is 11.6 Å². The Labute approximate surface area is 204 Å². The monoisotopic (exact) mass is 491 g/mol. The zero-order valence-electron chi connectivity index (χ0n) is 19.2. The minimum Gasteiger partial charge on any atom is -0.477 e. The number of nitrogens with zero attached hydrogens (tertiary/aromatic N) is 4. The van der Waals surface area contributed by atoms with Crippen LogP contribution in [-0.4, -0.2) is 30.2 Å². The Bertz CT molecular complexity index is 1500. The second-order valence-corrected chi connectivity index (χ2v) is 7.78. The predicted octanol–water partition coefficient (Wildman–Crippen LogP) is 3.63. The van der Waals surface area contributed by atoms with Crippen LogP contribution in [0.1, 0.15) is 29.4 Å². The highest BCUT2D eigenvalue weighted by Gasteiger charge is 2.14. The molecular weight excluding hydrogens is 469 g/mol. The molecule has 2 N–H and O–H groups in total. The molecule has 4 aromatic rings. The molecule has 36 heavy (non-hydrogen) atoms. The minimum atomic E-state index is -1.17. The third-order valence-corrected chi connectivity index (χ3v) is 5.13. The van der Waals surface area contributed by atoms with E-state index >= 15 is 0 Å². The Morgan fingerprint density at radius 2 is 1.72 bits per heavy atom. The van der Waals surface area contributed by atoms with Crippen molar-refractivity contribution in [1.29, 1.82) is 0 Å². The fourth-order valence-electron chi connectivity index (χ4n) is 3.40. The van der Waals surface area contributed by atoms with Crippen LogP contribution in [0, 0.1) is 5.82 Å². The Hall–Kier alpha value is -4.80. The Morgan fingerprint density at radius 1 is 1.00 bits per heavy atom. The molecular formula is C25H22FN5O5. The Kier molecular flexibility index (Phi) is 7.19. The first kappa shape index (κ1) is 24.3. The van der Waals surface area contributed by atoms with E-state index in [9.17, 15) is 18.8 Å². The number of pyridine rings is 1. The number of aromatic nitrogens is 4. The molecule has 0 saturated heterocycles. The van der Waals surface area contributed by atoms with E-state index in [0.717, 1.165) is 4.57 Å². The average Bonchev–Trinajstić information content (AvgIpc) is 2.86. The van der Waals surface area contributed by atoms with Gasteiger partial charge in [-0.3, -0.25) is 4.57 Å². The molecule has 0 bridgehead atoms. The summed E-state index contributed by atoms with van der Waals surface area (Å²) in [7, 11) is 0. The normalized spacial score (nSPS) is 10.7. The first-order chi connectivity index (χ1) is 17.3. The maximum Gasteiger partial charge on any atom is 0.354 e. The maximum atomic E-state index is 13.3. The molecule has 0 spiro atoms. The minimum absolute atomic E-state index is 0.0335. The van der Waals surface area contributed by atoms with E-state index in [1.807, 2.05) is 6.92 Å². The first-order valence-electron chi connectivity index (χ1n) is 11.1. The van der Waals surface area contributed by atoms with Gasteiger partial charge in [0.05, 0.1) is 6.54 Å². The van der Waals surface area contributed by atoms with Gasteiger partial charge in [-0.2, -0.15) is 4.98 Å². The number of carboxylic acids is 1. The number of halogens is 1. The number of aromatic carboxylic acids is 1. The third-order valence-electron chi connectivity index (χ3n) is 5.13. The van der Waals surface area contributed by atoms with Gasteiger partial charge in [0.2, 0.25) is 11.8 Å². The highest BCUT2D eigenvalue weighted by Crippen LogP contribution is 2.23. The third kappa shape index (κ3) is 5.63. The molecule has 2 heterocycles. The lowest BCUT2D eigenvalue weighted by atomic mass is 10.2. The molecule has 0 saturated carbocycles. The number of carboxylic acid groups (broad SMARTS) is 1. The van der Waals surface area contributed by atoms with Gasteiger partial charge in [0.15, 0.2) is 5.69 Å². The van der Waals surface area contributed by atoms with Gasteiger partial charge in [-0.05, 0) is 54.4 Å². The van der Waals surface area contributed by atoms with Gasteiger partial charge >= 0.3 is 17.3 Å². The number of nitrogens with one attached hydrogen (secondary N) is 1. The zero-order chi connectivity index (χ0) is 25.7. The summed E-state index contributed by atoms with van der Waals surface area (Å²) in [5.41, 5.74) is -0.183. The molecule has 0 unspecified atom stereocenters. The molecule has 0 radical (unpaired) electrons. The summed E-state index contributed by atoms with van der Waals surface area (Å²) in [4.78, 5) is 44.7. The summed E-state index contributed by atoms with van der Waals surface area (Å²) in [6, 6.07) is 16.6. The zero-order valence-corrected chi connectivity index (χ0v) is 19.2. The standard InChI is InChI=1S/C25H22FN5O5/c1-2-14-30-24(34)29-23(31(25(30)35)15-16-6-8-17(26)9-7-16)27-18-10-12-19(13-11-18)36-21-5-3-4-20(28-21)22(32)33/h3-13H,2,14-15H2,1H3,(H,32,33)(H,27,29,34). The number of ether oxygens (including phenoxy) is 1. The van der Waals surface area contributed by atoms with Gasteiger partial charge in [0.25, 0.3) is 0 Å². The summed E-state index contributed by atoms with van der Waals surface area (Å²) in [6.07, 6.45) is 0.575. The van der Waals surface area contributed by atoms with Crippen molar-refractivity contribution in [3.05, 3.63) is 105 Å². The van der Waals surface area contributed by atoms with E-state index < -0.39 is 23.2 Å². The highest BCUT2D eigenvalue weighted by atomic mass is 19.1. The second kappa shape index (κ2) is 10.6. The van der Waals surface area contributed by atoms with Crippen molar-refractivity contribution in [2.24, 2.45) is 0 Å². The number of anilines is 2. The van der Waals surface area contributed by atoms with Gasteiger partial charge in [-0.1, -0.05) is 25.1 Å². The second-order valence-electron chi connectivity index (χ2n) is 7.78. The van der Waals surface area contributed by atoms with Crippen molar-refractivity contribution >= 4 is 17.6 Å². The molecule has 2 aromatic carbocycles. The molecule has 10 nitrogen and oxygen atoms in total. The molecule has 0 fully saturated rings. The van der Waals surface area contributed by atoms with E-state index in [2.05, 4.69) is 15.3 Å². The molecule has 184 valence electrons. The molecule has 11 heteroatoms. The number of carbonyl (C=O) groups is 1. The summed E-state index contributed by atoms with van der Waals surface area (Å²) in [5.74, 6) is -1.02. The van der Waals surface area contributed by atoms with Gasteiger partial charge in [-0.15, -0.1) is 0 Å². The van der Waals surface area contributed by atoms with Gasteiger partial charge in [-0.25, -0.2) is 28.3 Å². The van der Waals surface area contributed by atoms with Gasteiger partial charge < -0.3 is 15.2 Å². The van der Waals surface area contributed by atoms with Crippen LogP contribution in [0.25, 0.3) is 0 Å². The molecule has 4 rings (SSSR count). The summed E-state index contributed by atoms with van der Waals surface area (Å²) in [6.45, 7) is 2.14. The van der Waals surface area contributed by atoms with Crippen molar-refractivity contribution in [3.8, 4) is 11.6 Å². The lowest BCUT2D eigenvalue weighted by Gasteiger charge is -2.15. The van der Waals surface area contributed by atoms with Crippen LogP contribution < -0.4 is 21.4 Å².